The molecule has 3 aromatic rings. The molecule has 3 rings (SSSR count). The van der Waals surface area contributed by atoms with Gasteiger partial charge in [-0.15, -0.1) is 0 Å². The molecule has 3 aromatic heterocycles. The molecule has 134 valence electrons. The number of fused-ring (bicyclic) bond motifs is 1. The van der Waals surface area contributed by atoms with Gasteiger partial charge in [-0.2, -0.15) is 10.1 Å². The van der Waals surface area contributed by atoms with Gasteiger partial charge in [-0.1, -0.05) is 13.8 Å². The molecule has 25 heavy (non-hydrogen) atoms. The number of rotatable bonds is 5. The molecule has 7 heteroatoms. The largest absolute Gasteiger partial charge is 0.348 e. The van der Waals surface area contributed by atoms with Crippen molar-refractivity contribution in [2.24, 2.45) is 0 Å². The van der Waals surface area contributed by atoms with E-state index in [4.69, 9.17) is 10.1 Å². The number of hydrogen-bond donors (Lipinski definition) is 0. The molecule has 1 atom stereocenters. The number of aromatic nitrogens is 4. The smallest absolute Gasteiger partial charge is 0.318 e. The molecule has 0 aliphatic rings. The van der Waals surface area contributed by atoms with Crippen LogP contribution in [0.1, 0.15) is 49.7 Å². The van der Waals surface area contributed by atoms with E-state index >= 15 is 0 Å². The summed E-state index contributed by atoms with van der Waals surface area (Å²) in [5, 5.41) is 8.08. The lowest BCUT2D eigenvalue weighted by molar-refractivity contribution is 0.598. The third-order valence-electron chi connectivity index (χ3n) is 4.49. The Labute approximate surface area is 160 Å². The van der Waals surface area contributed by atoms with Crippen molar-refractivity contribution in [3.8, 4) is 4.90 Å². The molecular formula is C18H25BrN5S+. The second kappa shape index (κ2) is 7.03. The first kappa shape index (κ1) is 18.3. The maximum absolute atomic E-state index is 4.88. The van der Waals surface area contributed by atoms with Crippen LogP contribution in [0, 0.1) is 13.8 Å². The summed E-state index contributed by atoms with van der Waals surface area (Å²) >= 11 is 3.54. The predicted molar refractivity (Wildman–Crippen MR) is 109 cm³/mol. The summed E-state index contributed by atoms with van der Waals surface area (Å²) in [7, 11) is 3.81. The van der Waals surface area contributed by atoms with Gasteiger partial charge in [-0.05, 0) is 48.7 Å². The standard InChI is InChI=1S/C18H25BrN5S/c1-7-13(8-2)14-9-11(3)20-17-16(12(4)22-24(14)17)25-10-15(19)21-18(25)23(5)6/h9-10,13H,7-8H2,1-6H3/q+1. The molecule has 0 spiro atoms. The number of halogens is 1. The first-order valence-electron chi connectivity index (χ1n) is 8.60. The van der Waals surface area contributed by atoms with Gasteiger partial charge in [-0.3, -0.25) is 0 Å². The van der Waals surface area contributed by atoms with Gasteiger partial charge in [0, 0.05) is 31.4 Å². The third kappa shape index (κ3) is 3.19. The van der Waals surface area contributed by atoms with Crippen molar-refractivity contribution in [3.63, 3.8) is 0 Å². The van der Waals surface area contributed by atoms with Gasteiger partial charge in [0.1, 0.15) is 5.69 Å². The van der Waals surface area contributed by atoms with Crippen LogP contribution in [0.25, 0.3) is 10.5 Å². The van der Waals surface area contributed by atoms with Crippen LogP contribution in [0.4, 0.5) is 5.13 Å². The number of hydrogen-bond acceptors (Lipinski definition) is 4. The number of anilines is 1. The third-order valence-corrected chi connectivity index (χ3v) is 7.42. The van der Waals surface area contributed by atoms with Gasteiger partial charge >= 0.3 is 5.13 Å². The molecule has 0 aliphatic heterocycles. The highest BCUT2D eigenvalue weighted by molar-refractivity contribution is 9.10. The molecule has 1 unspecified atom stereocenters. The van der Waals surface area contributed by atoms with Crippen molar-refractivity contribution in [1.82, 2.24) is 19.6 Å². The Kier molecular flexibility index (Phi) is 5.16. The Balaban J connectivity index is 2.33. The maximum Gasteiger partial charge on any atom is 0.348 e. The summed E-state index contributed by atoms with van der Waals surface area (Å²) in [5.74, 6) is 0.493. The quantitative estimate of drug-likeness (QED) is 0.529. The fourth-order valence-electron chi connectivity index (χ4n) is 3.27. The van der Waals surface area contributed by atoms with Crippen LogP contribution in [0.3, 0.4) is 0 Å². The molecule has 0 bridgehead atoms. The Morgan fingerprint density at radius 2 is 1.88 bits per heavy atom. The minimum atomic E-state index is -0.256. The lowest BCUT2D eigenvalue weighted by atomic mass is 9.99. The van der Waals surface area contributed by atoms with Crippen LogP contribution in [-0.2, 0) is 0 Å². The van der Waals surface area contributed by atoms with Gasteiger partial charge in [0.15, 0.2) is 9.98 Å². The predicted octanol–water partition coefficient (Wildman–Crippen LogP) is 5.21. The first-order chi connectivity index (χ1) is 11.9. The molecule has 0 amide bonds. The van der Waals surface area contributed by atoms with Gasteiger partial charge in [0.25, 0.3) is 0 Å². The molecule has 0 aromatic carbocycles. The molecular weight excluding hydrogens is 398 g/mol. The van der Waals surface area contributed by atoms with Crippen LogP contribution in [-0.4, -0.2) is 33.7 Å². The summed E-state index contributed by atoms with van der Waals surface area (Å²) in [6, 6.07) is 2.19. The highest BCUT2D eigenvalue weighted by Crippen LogP contribution is 2.45. The van der Waals surface area contributed by atoms with Crippen molar-refractivity contribution < 1.29 is 0 Å². The van der Waals surface area contributed by atoms with E-state index in [1.165, 1.54) is 10.6 Å². The fourth-order valence-corrected chi connectivity index (χ4v) is 6.05. The Morgan fingerprint density at radius 1 is 1.20 bits per heavy atom. The summed E-state index contributed by atoms with van der Waals surface area (Å²) < 4.78 is 2.95. The number of nitrogens with zero attached hydrogens (tertiary/aromatic N) is 5. The van der Waals surface area contributed by atoms with Crippen LogP contribution in [0.2, 0.25) is 0 Å². The summed E-state index contributed by atoms with van der Waals surface area (Å²) in [6.07, 6.45) is 2.20. The Hall–Kier alpha value is -1.47. The first-order valence-corrected chi connectivity index (χ1v) is 10.7. The Bertz CT molecular complexity index is 908. The molecule has 0 aliphatic carbocycles. The maximum atomic E-state index is 4.88. The zero-order valence-corrected chi connectivity index (χ0v) is 18.1. The molecule has 5 nitrogen and oxygen atoms in total. The zero-order chi connectivity index (χ0) is 18.3. The van der Waals surface area contributed by atoms with Crippen molar-refractivity contribution in [2.75, 3.05) is 19.0 Å². The summed E-state index contributed by atoms with van der Waals surface area (Å²) in [5.41, 5.74) is 4.30. The van der Waals surface area contributed by atoms with Crippen LogP contribution < -0.4 is 4.90 Å². The average molecular weight is 423 g/mol. The zero-order valence-electron chi connectivity index (χ0n) is 15.7. The van der Waals surface area contributed by atoms with E-state index < -0.39 is 0 Å². The molecule has 0 saturated carbocycles. The van der Waals surface area contributed by atoms with E-state index in [9.17, 15) is 0 Å². The summed E-state index contributed by atoms with van der Waals surface area (Å²) in [4.78, 5) is 12.8. The molecule has 0 saturated heterocycles. The highest BCUT2D eigenvalue weighted by Gasteiger charge is 2.31. The second-order valence-electron chi connectivity index (χ2n) is 6.55. The Morgan fingerprint density at radius 3 is 2.48 bits per heavy atom. The van der Waals surface area contributed by atoms with E-state index in [1.807, 2.05) is 14.1 Å². The lowest BCUT2D eigenvalue weighted by Gasteiger charge is -2.14. The van der Waals surface area contributed by atoms with Crippen LogP contribution in [0.5, 0.6) is 0 Å². The molecule has 3 heterocycles. The fraction of sp³-hybridized carbons (Fsp3) is 0.500. The van der Waals surface area contributed by atoms with Crippen molar-refractivity contribution in [2.45, 2.75) is 46.5 Å². The van der Waals surface area contributed by atoms with E-state index in [0.29, 0.717) is 5.92 Å². The SMILES string of the molecule is CCC(CC)c1cc(C)nc2c(-[s+]3cc(Br)nc3N(C)C)c(C)nn12. The topological polar surface area (TPSA) is 46.3 Å². The van der Waals surface area contributed by atoms with Gasteiger partial charge in [0.2, 0.25) is 10.5 Å². The van der Waals surface area contributed by atoms with E-state index in [2.05, 4.69) is 69.5 Å². The van der Waals surface area contributed by atoms with E-state index in [1.54, 1.807) is 0 Å². The monoisotopic (exact) mass is 422 g/mol. The van der Waals surface area contributed by atoms with Crippen molar-refractivity contribution in [1.29, 1.82) is 0 Å². The minimum absolute atomic E-state index is 0.256. The molecule has 0 fully saturated rings. The van der Waals surface area contributed by atoms with Gasteiger partial charge in [0.05, 0.1) is 10.5 Å². The number of thiazole rings is 1. The summed E-state index contributed by atoms with van der Waals surface area (Å²) in [6.45, 7) is 8.63. The van der Waals surface area contributed by atoms with E-state index in [0.717, 1.165) is 39.6 Å². The number of aryl methyl sites for hydroxylation is 2. The van der Waals surface area contributed by atoms with Gasteiger partial charge in [-0.25, -0.2) is 9.50 Å². The second-order valence-corrected chi connectivity index (χ2v) is 9.05. The average Bonchev–Trinajstić information content (AvgIpc) is 3.07. The highest BCUT2D eigenvalue weighted by atomic mass is 79.9. The van der Waals surface area contributed by atoms with Crippen LogP contribution >= 0.6 is 26.4 Å². The minimum Gasteiger partial charge on any atom is -0.318 e. The van der Waals surface area contributed by atoms with Gasteiger partial charge < -0.3 is 4.90 Å². The molecule has 0 N–H and O–H groups in total. The van der Waals surface area contributed by atoms with Crippen LogP contribution in [0.15, 0.2) is 16.0 Å². The lowest BCUT2D eigenvalue weighted by Crippen LogP contribution is -2.09. The van der Waals surface area contributed by atoms with Crippen molar-refractivity contribution in [3.05, 3.63) is 33.1 Å². The van der Waals surface area contributed by atoms with Crippen molar-refractivity contribution >= 4 is 37.2 Å². The van der Waals surface area contributed by atoms with E-state index in [-0.39, 0.29) is 10.5 Å². The normalized spacial score (nSPS) is 12.4. The molecule has 0 radical (unpaired) electrons.